The number of rotatable bonds is 6. The third-order valence-corrected chi connectivity index (χ3v) is 4.51. The molecule has 0 radical (unpaired) electrons. The Morgan fingerprint density at radius 3 is 2.16 bits per heavy atom. The van der Waals surface area contributed by atoms with Crippen molar-refractivity contribution in [1.29, 1.82) is 0 Å². The van der Waals surface area contributed by atoms with Crippen LogP contribution < -0.4 is 0 Å². The molecule has 1 aliphatic carbocycles. The second-order valence-corrected chi connectivity index (χ2v) is 5.59. The molecule has 0 bridgehead atoms. The maximum Gasteiger partial charge on any atom is 0.320 e. The second-order valence-electron chi connectivity index (χ2n) is 5.59. The third-order valence-electron chi connectivity index (χ3n) is 4.51. The van der Waals surface area contributed by atoms with Crippen LogP contribution in [0, 0.1) is 0 Å². The largest absolute Gasteiger partial charge is 0.383 e. The summed E-state index contributed by atoms with van der Waals surface area (Å²) in [6.07, 6.45) is 5.96. The Hall–Kier alpha value is -0.810. The normalized spacial score (nSPS) is 20.6. The molecule has 1 saturated heterocycles. The van der Waals surface area contributed by atoms with Gasteiger partial charge in [-0.3, -0.25) is 0 Å². The average molecular weight is 270 g/mol. The zero-order valence-electron chi connectivity index (χ0n) is 12.2. The monoisotopic (exact) mass is 270 g/mol. The van der Waals surface area contributed by atoms with Gasteiger partial charge < -0.3 is 19.3 Å². The van der Waals surface area contributed by atoms with Crippen molar-refractivity contribution < 1.29 is 14.3 Å². The molecule has 19 heavy (non-hydrogen) atoms. The molecule has 5 nitrogen and oxygen atoms in total. The summed E-state index contributed by atoms with van der Waals surface area (Å²) in [7, 11) is 3.34. The minimum absolute atomic E-state index is 0.173. The Morgan fingerprint density at radius 2 is 1.68 bits per heavy atom. The zero-order chi connectivity index (χ0) is 13.7. The molecule has 5 heteroatoms. The van der Waals surface area contributed by atoms with Crippen LogP contribution in [0.5, 0.6) is 0 Å². The van der Waals surface area contributed by atoms with Crippen LogP contribution in [0.15, 0.2) is 0 Å². The molecule has 2 fully saturated rings. The quantitative estimate of drug-likeness (QED) is 0.738. The van der Waals surface area contributed by atoms with E-state index in [0.29, 0.717) is 26.3 Å². The molecule has 110 valence electrons. The maximum absolute atomic E-state index is 12.7. The lowest BCUT2D eigenvalue weighted by Crippen LogP contribution is -2.56. The molecule has 2 amide bonds. The van der Waals surface area contributed by atoms with Gasteiger partial charge in [0.05, 0.1) is 13.2 Å². The molecule has 2 aliphatic rings. The van der Waals surface area contributed by atoms with Crippen LogP contribution in [0.2, 0.25) is 0 Å². The van der Waals surface area contributed by atoms with E-state index in [1.165, 1.54) is 25.7 Å². The number of amides is 2. The number of carbonyl (C=O) groups excluding carboxylic acids is 1. The van der Waals surface area contributed by atoms with Crippen LogP contribution in [-0.4, -0.2) is 68.4 Å². The lowest BCUT2D eigenvalue weighted by molar-refractivity contribution is 0.0496. The maximum atomic E-state index is 12.7. The standard InChI is InChI=1S/C14H26N2O3/c1-18-11-9-15(10-12-19-2)13(17)16-8-4-7-14(16)5-3-6-14/h3-12H2,1-2H3. The van der Waals surface area contributed by atoms with E-state index in [1.807, 2.05) is 4.90 Å². The van der Waals surface area contributed by atoms with E-state index in [9.17, 15) is 4.79 Å². The number of urea groups is 1. The van der Waals surface area contributed by atoms with Crippen LogP contribution in [0.25, 0.3) is 0 Å². The van der Waals surface area contributed by atoms with Crippen LogP contribution in [0.3, 0.4) is 0 Å². The lowest BCUT2D eigenvalue weighted by atomic mass is 9.75. The van der Waals surface area contributed by atoms with Crippen molar-refractivity contribution in [3.63, 3.8) is 0 Å². The number of methoxy groups -OCH3 is 2. The van der Waals surface area contributed by atoms with Crippen molar-refractivity contribution in [2.24, 2.45) is 0 Å². The van der Waals surface area contributed by atoms with Crippen LogP contribution >= 0.6 is 0 Å². The Morgan fingerprint density at radius 1 is 1.11 bits per heavy atom. The summed E-state index contributed by atoms with van der Waals surface area (Å²) in [5.74, 6) is 0. The highest BCUT2D eigenvalue weighted by molar-refractivity contribution is 5.76. The minimum Gasteiger partial charge on any atom is -0.383 e. The summed E-state index contributed by atoms with van der Waals surface area (Å²) in [5, 5.41) is 0. The number of nitrogens with zero attached hydrogens (tertiary/aromatic N) is 2. The van der Waals surface area contributed by atoms with Crippen molar-refractivity contribution in [1.82, 2.24) is 9.80 Å². The predicted octanol–water partition coefficient (Wildman–Crippen LogP) is 1.72. The molecule has 0 atom stereocenters. The van der Waals surface area contributed by atoms with Gasteiger partial charge in [0.25, 0.3) is 0 Å². The van der Waals surface area contributed by atoms with Crippen molar-refractivity contribution >= 4 is 6.03 Å². The molecule has 0 aromatic rings. The SMILES string of the molecule is COCCN(CCOC)C(=O)N1CCCC12CCC2. The van der Waals surface area contributed by atoms with E-state index in [2.05, 4.69) is 4.90 Å². The number of hydrogen-bond acceptors (Lipinski definition) is 3. The topological polar surface area (TPSA) is 42.0 Å². The van der Waals surface area contributed by atoms with Gasteiger partial charge in [0.1, 0.15) is 0 Å². The van der Waals surface area contributed by atoms with Gasteiger partial charge in [0.15, 0.2) is 0 Å². The molecule has 1 aliphatic heterocycles. The smallest absolute Gasteiger partial charge is 0.320 e. The summed E-state index contributed by atoms with van der Waals surface area (Å²) < 4.78 is 10.2. The number of likely N-dealkylation sites (tertiary alicyclic amines) is 1. The molecule has 1 spiro atoms. The highest BCUT2D eigenvalue weighted by atomic mass is 16.5. The van der Waals surface area contributed by atoms with Crippen molar-refractivity contribution in [2.75, 3.05) is 47.1 Å². The molecular formula is C14H26N2O3. The van der Waals surface area contributed by atoms with Gasteiger partial charge >= 0.3 is 6.03 Å². The van der Waals surface area contributed by atoms with Gasteiger partial charge in [0.2, 0.25) is 0 Å². The molecule has 2 rings (SSSR count). The van der Waals surface area contributed by atoms with E-state index in [1.54, 1.807) is 14.2 Å². The van der Waals surface area contributed by atoms with Crippen molar-refractivity contribution in [3.05, 3.63) is 0 Å². The molecule has 0 aromatic heterocycles. The van der Waals surface area contributed by atoms with Gasteiger partial charge in [-0.2, -0.15) is 0 Å². The van der Waals surface area contributed by atoms with Crippen LogP contribution in [0.1, 0.15) is 32.1 Å². The summed E-state index contributed by atoms with van der Waals surface area (Å²) in [5.41, 5.74) is 0.190. The molecule has 1 heterocycles. The summed E-state index contributed by atoms with van der Waals surface area (Å²) >= 11 is 0. The van der Waals surface area contributed by atoms with Gasteiger partial charge in [-0.25, -0.2) is 4.79 Å². The molecular weight excluding hydrogens is 244 g/mol. The fourth-order valence-electron chi connectivity index (χ4n) is 3.22. The number of ether oxygens (including phenoxy) is 2. The van der Waals surface area contributed by atoms with Crippen molar-refractivity contribution in [2.45, 2.75) is 37.6 Å². The Labute approximate surface area is 115 Å². The van der Waals surface area contributed by atoms with E-state index in [0.717, 1.165) is 13.0 Å². The van der Waals surface area contributed by atoms with E-state index < -0.39 is 0 Å². The minimum atomic E-state index is 0.173. The van der Waals surface area contributed by atoms with Gasteiger partial charge in [-0.1, -0.05) is 0 Å². The van der Waals surface area contributed by atoms with E-state index in [4.69, 9.17) is 9.47 Å². The van der Waals surface area contributed by atoms with E-state index >= 15 is 0 Å². The second kappa shape index (κ2) is 6.57. The van der Waals surface area contributed by atoms with Gasteiger partial charge in [0, 0.05) is 39.4 Å². The Bertz CT molecular complexity index is 297. The molecule has 1 saturated carbocycles. The fraction of sp³-hybridized carbons (Fsp3) is 0.929. The summed E-state index contributed by atoms with van der Waals surface area (Å²) in [4.78, 5) is 16.7. The Balaban J connectivity index is 1.96. The summed E-state index contributed by atoms with van der Waals surface area (Å²) in [6, 6.07) is 0.173. The Kier molecular flexibility index (Phi) is 5.05. The highest BCUT2D eigenvalue weighted by Crippen LogP contribution is 2.45. The third kappa shape index (κ3) is 3.03. The molecule has 0 N–H and O–H groups in total. The van der Waals surface area contributed by atoms with Gasteiger partial charge in [-0.05, 0) is 32.1 Å². The van der Waals surface area contributed by atoms with Crippen LogP contribution in [-0.2, 0) is 9.47 Å². The zero-order valence-corrected chi connectivity index (χ0v) is 12.2. The first kappa shape index (κ1) is 14.6. The number of hydrogen-bond donors (Lipinski definition) is 0. The summed E-state index contributed by atoms with van der Waals surface area (Å²) in [6.45, 7) is 3.36. The van der Waals surface area contributed by atoms with Crippen molar-refractivity contribution in [3.8, 4) is 0 Å². The first-order valence-electron chi connectivity index (χ1n) is 7.28. The highest BCUT2D eigenvalue weighted by Gasteiger charge is 2.48. The predicted molar refractivity (Wildman–Crippen MR) is 73.2 cm³/mol. The number of carbonyl (C=O) groups is 1. The first-order chi connectivity index (χ1) is 9.23. The first-order valence-corrected chi connectivity index (χ1v) is 7.28. The van der Waals surface area contributed by atoms with Gasteiger partial charge in [-0.15, -0.1) is 0 Å². The molecule has 0 unspecified atom stereocenters. The lowest BCUT2D eigenvalue weighted by Gasteiger charge is -2.47. The average Bonchev–Trinajstić information content (AvgIpc) is 2.83. The van der Waals surface area contributed by atoms with Crippen LogP contribution in [0.4, 0.5) is 4.79 Å². The fourth-order valence-corrected chi connectivity index (χ4v) is 3.22. The molecule has 0 aromatic carbocycles. The van der Waals surface area contributed by atoms with E-state index in [-0.39, 0.29) is 11.6 Å².